The Labute approximate surface area is 325 Å². The molecular weight excluding hydrogens is 718 g/mol. The number of Topliss-reactive ketones (excluding diaryl/α,β-unsaturated/α-hetero) is 1. The SMILES string of the molecule is CCCC(NC(=O)[C@@H]1Cc2cccc(c2)Oc2ccc(cc2)CCC(=O)N[C@@H](C2CCCCC2)C(=O)N1)C(=O)C(=O)NCC(=O)N[C@H](C(=O)O)c1ccccc1. The fraction of sp³-hybridized carbons (Fsp3) is 0.405. The van der Waals surface area contributed by atoms with E-state index in [0.717, 1.165) is 37.7 Å². The highest BCUT2D eigenvalue weighted by Gasteiger charge is 2.35. The van der Waals surface area contributed by atoms with Gasteiger partial charge < -0.3 is 36.4 Å². The Hall–Kier alpha value is -6.05. The molecule has 6 N–H and O–H groups in total. The van der Waals surface area contributed by atoms with Gasteiger partial charge in [0, 0.05) is 12.8 Å². The monoisotopic (exact) mass is 767 g/mol. The predicted molar refractivity (Wildman–Crippen MR) is 205 cm³/mol. The Morgan fingerprint density at radius 2 is 1.55 bits per heavy atom. The van der Waals surface area contributed by atoms with Crippen LogP contribution in [0.4, 0.5) is 0 Å². The molecule has 14 heteroatoms. The van der Waals surface area contributed by atoms with Crippen LogP contribution < -0.4 is 31.3 Å². The lowest BCUT2D eigenvalue weighted by atomic mass is 9.83. The number of carbonyl (C=O) groups excluding carboxylic acids is 6. The quantitative estimate of drug-likeness (QED) is 0.149. The highest BCUT2D eigenvalue weighted by atomic mass is 16.5. The van der Waals surface area contributed by atoms with Crippen molar-refractivity contribution in [2.45, 2.75) is 95.3 Å². The molecule has 0 radical (unpaired) electrons. The second kappa shape index (κ2) is 20.0. The van der Waals surface area contributed by atoms with Crippen LogP contribution in [0, 0.1) is 5.92 Å². The van der Waals surface area contributed by atoms with Gasteiger partial charge in [-0.1, -0.05) is 87.2 Å². The van der Waals surface area contributed by atoms with E-state index < -0.39 is 66.1 Å². The number of fused-ring (bicyclic) bond motifs is 10. The minimum Gasteiger partial charge on any atom is -0.479 e. The van der Waals surface area contributed by atoms with Gasteiger partial charge in [0.05, 0.1) is 12.6 Å². The largest absolute Gasteiger partial charge is 0.479 e. The Morgan fingerprint density at radius 1 is 0.821 bits per heavy atom. The van der Waals surface area contributed by atoms with E-state index in [2.05, 4.69) is 26.6 Å². The molecule has 1 saturated carbocycles. The molecule has 296 valence electrons. The van der Waals surface area contributed by atoms with Gasteiger partial charge >= 0.3 is 5.97 Å². The number of carboxylic acids is 1. The third-order valence-electron chi connectivity index (χ3n) is 10.0. The molecule has 5 amide bonds. The van der Waals surface area contributed by atoms with Gasteiger partial charge in [0.15, 0.2) is 6.04 Å². The van der Waals surface area contributed by atoms with Crippen molar-refractivity contribution in [3.05, 3.63) is 95.6 Å². The average molecular weight is 768 g/mol. The van der Waals surface area contributed by atoms with Gasteiger partial charge in [-0.3, -0.25) is 28.8 Å². The zero-order valence-corrected chi connectivity index (χ0v) is 31.4. The van der Waals surface area contributed by atoms with Crippen LogP contribution in [-0.4, -0.2) is 71.1 Å². The summed E-state index contributed by atoms with van der Waals surface area (Å²) in [5.41, 5.74) is 1.89. The summed E-state index contributed by atoms with van der Waals surface area (Å²) in [5, 5.41) is 22.6. The Kier molecular flexibility index (Phi) is 14.7. The fourth-order valence-electron chi connectivity index (χ4n) is 7.05. The van der Waals surface area contributed by atoms with Crippen molar-refractivity contribution in [2.75, 3.05) is 6.54 Å². The molecule has 0 spiro atoms. The summed E-state index contributed by atoms with van der Waals surface area (Å²) in [4.78, 5) is 92.4. The maximum Gasteiger partial charge on any atom is 0.330 e. The van der Waals surface area contributed by atoms with Gasteiger partial charge in [-0.2, -0.15) is 0 Å². The molecule has 14 nitrogen and oxygen atoms in total. The molecule has 2 aliphatic heterocycles. The second-order valence-corrected chi connectivity index (χ2v) is 14.2. The third-order valence-corrected chi connectivity index (χ3v) is 10.0. The molecule has 3 aromatic carbocycles. The number of aliphatic carboxylic acids is 1. The maximum atomic E-state index is 14.1. The van der Waals surface area contributed by atoms with Crippen LogP contribution in [-0.2, 0) is 46.4 Å². The number of amides is 5. The first-order valence-electron chi connectivity index (χ1n) is 19.2. The highest BCUT2D eigenvalue weighted by molar-refractivity contribution is 6.38. The average Bonchev–Trinajstić information content (AvgIpc) is 3.20. The zero-order valence-electron chi connectivity index (χ0n) is 31.4. The summed E-state index contributed by atoms with van der Waals surface area (Å²) >= 11 is 0. The number of carboxylic acid groups (broad SMARTS) is 1. The van der Waals surface area contributed by atoms with Gasteiger partial charge in [0.2, 0.25) is 29.4 Å². The fourth-order valence-corrected chi connectivity index (χ4v) is 7.05. The van der Waals surface area contributed by atoms with E-state index in [-0.39, 0.29) is 31.1 Å². The van der Waals surface area contributed by atoms with Crippen LogP contribution in [0.3, 0.4) is 0 Å². The first-order valence-corrected chi connectivity index (χ1v) is 19.2. The first-order chi connectivity index (χ1) is 27.0. The van der Waals surface area contributed by atoms with Crippen LogP contribution >= 0.6 is 0 Å². The second-order valence-electron chi connectivity index (χ2n) is 14.2. The normalized spacial score (nSPS) is 18.8. The number of carbonyl (C=O) groups is 7. The lowest BCUT2D eigenvalue weighted by molar-refractivity contribution is -0.142. The maximum absolute atomic E-state index is 14.1. The van der Waals surface area contributed by atoms with Crippen molar-refractivity contribution in [3.63, 3.8) is 0 Å². The van der Waals surface area contributed by atoms with Crippen LogP contribution in [0.5, 0.6) is 11.5 Å². The number of ether oxygens (including phenoxy) is 1. The molecule has 6 rings (SSSR count). The lowest BCUT2D eigenvalue weighted by Crippen LogP contribution is -2.59. The van der Waals surface area contributed by atoms with Crippen molar-refractivity contribution >= 4 is 41.3 Å². The molecular formula is C42H49N5O9. The number of nitrogens with one attached hydrogen (secondary N) is 5. The molecule has 3 aromatic rings. The van der Waals surface area contributed by atoms with Gasteiger partial charge in [-0.05, 0) is 72.6 Å². The number of rotatable bonds is 12. The molecule has 4 bridgehead atoms. The predicted octanol–water partition coefficient (Wildman–Crippen LogP) is 3.43. The first kappa shape index (κ1) is 41.1. The molecule has 0 saturated heterocycles. The summed E-state index contributed by atoms with van der Waals surface area (Å²) < 4.78 is 6.07. The third kappa shape index (κ3) is 11.7. The van der Waals surface area contributed by atoms with Gasteiger partial charge in [0.1, 0.15) is 23.6 Å². The summed E-state index contributed by atoms with van der Waals surface area (Å²) in [6, 6.07) is 17.7. The standard InChI is InChI=1S/C42H49N5O9/c1-2-10-32(38(50)41(53)43-25-35(49)47-37(42(54)55)29-14-7-4-8-15-29)44-39(51)33-24-27-11-9-16-31(23-27)56-30-20-17-26(18-21-30)19-22-34(48)46-36(40(52)45-33)28-12-5-3-6-13-28/h4,7-9,11,14-18,20-21,23,28,32-33,36-37H,2-3,5-6,10,12-13,19,22,24-25H2,1H3,(H,43,53)(H,44,51)(H,45,52)(H,46,48)(H,47,49)(H,54,55)/t32?,33-,36-,37-/m0/s1. The number of hydrogen-bond donors (Lipinski definition) is 6. The van der Waals surface area contributed by atoms with Gasteiger partial charge in [-0.15, -0.1) is 0 Å². The molecule has 1 fully saturated rings. The topological polar surface area (TPSA) is 209 Å². The number of benzene rings is 3. The van der Waals surface area contributed by atoms with Crippen molar-refractivity contribution in [3.8, 4) is 11.5 Å². The minimum atomic E-state index is -1.38. The van der Waals surface area contributed by atoms with E-state index in [0.29, 0.717) is 35.5 Å². The molecule has 4 atom stereocenters. The van der Waals surface area contributed by atoms with Gasteiger partial charge in [-0.25, -0.2) is 4.79 Å². The van der Waals surface area contributed by atoms with E-state index >= 15 is 0 Å². The Morgan fingerprint density at radius 3 is 2.25 bits per heavy atom. The van der Waals surface area contributed by atoms with Crippen LogP contribution in [0.15, 0.2) is 78.9 Å². The molecule has 1 unspecified atom stereocenters. The van der Waals surface area contributed by atoms with E-state index in [4.69, 9.17) is 4.74 Å². The lowest BCUT2D eigenvalue weighted by Gasteiger charge is -2.31. The molecule has 1 aliphatic carbocycles. The zero-order chi connectivity index (χ0) is 40.0. The Balaban J connectivity index is 1.33. The van der Waals surface area contributed by atoms with E-state index in [1.165, 1.54) is 12.1 Å². The smallest absolute Gasteiger partial charge is 0.330 e. The van der Waals surface area contributed by atoms with Crippen molar-refractivity contribution < 1.29 is 43.4 Å². The van der Waals surface area contributed by atoms with Crippen LogP contribution in [0.1, 0.15) is 81.0 Å². The van der Waals surface area contributed by atoms with Crippen molar-refractivity contribution in [1.29, 1.82) is 0 Å². The number of ketones is 1. The van der Waals surface area contributed by atoms with E-state index in [1.54, 1.807) is 49.4 Å². The highest BCUT2D eigenvalue weighted by Crippen LogP contribution is 2.28. The molecule has 0 aromatic heterocycles. The summed E-state index contributed by atoms with van der Waals surface area (Å²) in [6.45, 7) is 1.07. The van der Waals surface area contributed by atoms with Crippen LogP contribution in [0.25, 0.3) is 0 Å². The van der Waals surface area contributed by atoms with E-state index in [9.17, 15) is 38.7 Å². The Bertz CT molecular complexity index is 1880. The number of aryl methyl sites for hydroxylation is 1. The van der Waals surface area contributed by atoms with Gasteiger partial charge in [0.25, 0.3) is 5.91 Å². The van der Waals surface area contributed by atoms with Crippen molar-refractivity contribution in [2.24, 2.45) is 5.92 Å². The summed E-state index contributed by atoms with van der Waals surface area (Å²) in [6.07, 6.45) is 5.38. The number of hydrogen-bond acceptors (Lipinski definition) is 8. The molecule has 3 aliphatic rings. The molecule has 2 heterocycles. The van der Waals surface area contributed by atoms with Crippen molar-refractivity contribution in [1.82, 2.24) is 26.6 Å². The van der Waals surface area contributed by atoms with E-state index in [1.807, 2.05) is 24.3 Å². The van der Waals surface area contributed by atoms with Crippen LogP contribution in [0.2, 0.25) is 0 Å². The summed E-state index contributed by atoms with van der Waals surface area (Å²) in [7, 11) is 0. The summed E-state index contributed by atoms with van der Waals surface area (Å²) in [5.74, 6) is -4.92. The molecule has 56 heavy (non-hydrogen) atoms. The minimum absolute atomic E-state index is 0.00932.